The van der Waals surface area contributed by atoms with Crippen molar-refractivity contribution in [3.8, 4) is 0 Å². The van der Waals surface area contributed by atoms with E-state index in [9.17, 15) is 14.9 Å². The lowest BCUT2D eigenvalue weighted by atomic mass is 10.1. The Bertz CT molecular complexity index is 661. The second kappa shape index (κ2) is 11.4. The minimum absolute atomic E-state index is 0. The van der Waals surface area contributed by atoms with E-state index in [0.29, 0.717) is 11.3 Å². The number of halogens is 2. The van der Waals surface area contributed by atoms with Crippen molar-refractivity contribution in [1.82, 2.24) is 15.3 Å². The number of hydrazine groups is 1. The Hall–Kier alpha value is -1.61. The molecule has 2 heterocycles. The molecule has 2 aliphatic rings. The van der Waals surface area contributed by atoms with Gasteiger partial charge in [0.05, 0.1) is 4.92 Å². The predicted molar refractivity (Wildman–Crippen MR) is 115 cm³/mol. The highest BCUT2D eigenvalue weighted by molar-refractivity contribution is 5.95. The molecule has 0 unspecified atom stereocenters. The zero-order valence-electron chi connectivity index (χ0n) is 16.1. The van der Waals surface area contributed by atoms with E-state index in [1.54, 1.807) is 12.1 Å². The summed E-state index contributed by atoms with van der Waals surface area (Å²) < 4.78 is 0. The van der Waals surface area contributed by atoms with Crippen LogP contribution in [0.15, 0.2) is 18.2 Å². The van der Waals surface area contributed by atoms with E-state index in [0.717, 1.165) is 65.0 Å². The van der Waals surface area contributed by atoms with Gasteiger partial charge in [-0.3, -0.25) is 20.3 Å². The van der Waals surface area contributed by atoms with Crippen LogP contribution in [0, 0.1) is 10.1 Å². The molecule has 3 rings (SSSR count). The average Bonchev–Trinajstić information content (AvgIpc) is 2.92. The van der Waals surface area contributed by atoms with Gasteiger partial charge in [0.2, 0.25) is 0 Å². The van der Waals surface area contributed by atoms with Crippen molar-refractivity contribution < 1.29 is 9.72 Å². The van der Waals surface area contributed by atoms with Crippen LogP contribution in [0.3, 0.4) is 0 Å². The van der Waals surface area contributed by atoms with Crippen LogP contribution in [0.2, 0.25) is 0 Å². The minimum atomic E-state index is -0.382. The molecule has 28 heavy (non-hydrogen) atoms. The number of amides is 1. The normalized spacial score (nSPS) is 18.4. The maximum Gasteiger partial charge on any atom is 0.293 e. The van der Waals surface area contributed by atoms with Gasteiger partial charge in [-0.25, -0.2) is 5.01 Å². The number of piperazine rings is 1. The van der Waals surface area contributed by atoms with Crippen LogP contribution in [-0.2, 0) is 0 Å². The van der Waals surface area contributed by atoms with Crippen molar-refractivity contribution in [3.05, 3.63) is 33.9 Å². The van der Waals surface area contributed by atoms with Crippen molar-refractivity contribution in [3.63, 3.8) is 0 Å². The van der Waals surface area contributed by atoms with Crippen LogP contribution < -0.4 is 10.3 Å². The quantitative estimate of drug-likeness (QED) is 0.580. The van der Waals surface area contributed by atoms with Gasteiger partial charge >= 0.3 is 0 Å². The first-order valence-corrected chi connectivity index (χ1v) is 9.32. The van der Waals surface area contributed by atoms with Crippen molar-refractivity contribution in [2.45, 2.75) is 25.7 Å². The number of likely N-dealkylation sites (N-methyl/N-ethyl adjacent to an activating group) is 1. The van der Waals surface area contributed by atoms with E-state index in [1.165, 1.54) is 6.07 Å². The number of nitro groups is 1. The Labute approximate surface area is 178 Å². The Morgan fingerprint density at radius 1 is 1.00 bits per heavy atom. The molecule has 2 saturated heterocycles. The molecule has 0 atom stereocenters. The van der Waals surface area contributed by atoms with E-state index in [4.69, 9.17) is 0 Å². The van der Waals surface area contributed by atoms with E-state index in [-0.39, 0.29) is 41.3 Å². The molecule has 1 aromatic carbocycles. The summed E-state index contributed by atoms with van der Waals surface area (Å²) in [5.41, 5.74) is 3.82. The number of carbonyl (C=O) groups excluding carboxylic acids is 1. The van der Waals surface area contributed by atoms with Crippen LogP contribution in [0.25, 0.3) is 0 Å². The number of carbonyl (C=O) groups is 1. The number of hydrogen-bond acceptors (Lipinski definition) is 6. The first kappa shape index (κ1) is 24.4. The molecule has 2 aliphatic heterocycles. The fraction of sp³-hybridized carbons (Fsp3) is 0.611. The number of nitro benzene ring substituents is 1. The second-order valence-corrected chi connectivity index (χ2v) is 7.09. The van der Waals surface area contributed by atoms with Crippen molar-refractivity contribution >= 4 is 42.1 Å². The minimum Gasteiger partial charge on any atom is -0.366 e. The standard InChI is InChI=1S/C18H27N5O3.2ClH/c1-20-10-12-22(13-11-20)19-18(24)15-6-7-16(17(14-15)23(25)26)21-8-4-2-3-5-9-21;;/h6-7,14H,2-5,8-13H2,1H3,(H,19,24);2*1H. The van der Waals surface area contributed by atoms with E-state index in [1.807, 2.05) is 12.1 Å². The molecular weight excluding hydrogens is 405 g/mol. The lowest BCUT2D eigenvalue weighted by Gasteiger charge is -2.32. The molecule has 0 radical (unpaired) electrons. The zero-order valence-corrected chi connectivity index (χ0v) is 17.8. The lowest BCUT2D eigenvalue weighted by Crippen LogP contribution is -2.52. The van der Waals surface area contributed by atoms with E-state index < -0.39 is 0 Å². The third kappa shape index (κ3) is 6.20. The van der Waals surface area contributed by atoms with Gasteiger partial charge in [-0.2, -0.15) is 0 Å². The summed E-state index contributed by atoms with van der Waals surface area (Å²) >= 11 is 0. The smallest absolute Gasteiger partial charge is 0.293 e. The molecule has 0 saturated carbocycles. The van der Waals surface area contributed by atoms with E-state index in [2.05, 4.69) is 15.2 Å². The molecule has 1 N–H and O–H groups in total. The van der Waals surface area contributed by atoms with Gasteiger partial charge in [-0.15, -0.1) is 24.8 Å². The molecule has 1 aromatic rings. The predicted octanol–water partition coefficient (Wildman–Crippen LogP) is 2.71. The van der Waals surface area contributed by atoms with Gasteiger partial charge in [0.15, 0.2) is 0 Å². The molecule has 10 heteroatoms. The largest absolute Gasteiger partial charge is 0.366 e. The molecule has 0 aliphatic carbocycles. The summed E-state index contributed by atoms with van der Waals surface area (Å²) in [5, 5.41) is 13.5. The van der Waals surface area contributed by atoms with E-state index >= 15 is 0 Å². The maximum atomic E-state index is 12.5. The molecule has 0 aromatic heterocycles. The molecule has 2 fully saturated rings. The Balaban J connectivity index is 0.00000196. The van der Waals surface area contributed by atoms with Crippen molar-refractivity contribution in [2.24, 2.45) is 0 Å². The number of benzene rings is 1. The van der Waals surface area contributed by atoms with Gasteiger partial charge < -0.3 is 9.80 Å². The average molecular weight is 434 g/mol. The van der Waals surface area contributed by atoms with Crippen LogP contribution >= 0.6 is 24.8 Å². The second-order valence-electron chi connectivity index (χ2n) is 7.09. The van der Waals surface area contributed by atoms with Crippen molar-refractivity contribution in [2.75, 3.05) is 51.2 Å². The molecule has 158 valence electrons. The summed E-state index contributed by atoms with van der Waals surface area (Å²) in [6, 6.07) is 4.83. The Morgan fingerprint density at radius 2 is 1.61 bits per heavy atom. The molecule has 0 bridgehead atoms. The van der Waals surface area contributed by atoms with Gasteiger partial charge in [0.25, 0.3) is 11.6 Å². The van der Waals surface area contributed by atoms with Gasteiger partial charge in [0, 0.05) is 50.9 Å². The number of nitrogens with zero attached hydrogens (tertiary/aromatic N) is 4. The third-order valence-corrected chi connectivity index (χ3v) is 5.14. The highest BCUT2D eigenvalue weighted by atomic mass is 35.5. The number of hydrogen-bond donors (Lipinski definition) is 1. The Morgan fingerprint density at radius 3 is 2.18 bits per heavy atom. The first-order chi connectivity index (χ1) is 12.5. The van der Waals surface area contributed by atoms with Crippen LogP contribution in [0.1, 0.15) is 36.0 Å². The Kier molecular flexibility index (Phi) is 9.95. The summed E-state index contributed by atoms with van der Waals surface area (Å²) in [6.45, 7) is 4.91. The maximum absolute atomic E-state index is 12.5. The third-order valence-electron chi connectivity index (χ3n) is 5.14. The number of anilines is 1. The van der Waals surface area contributed by atoms with Crippen LogP contribution in [-0.4, -0.2) is 67.1 Å². The number of rotatable bonds is 4. The highest BCUT2D eigenvalue weighted by Gasteiger charge is 2.23. The van der Waals surface area contributed by atoms with Gasteiger partial charge in [-0.05, 0) is 32.0 Å². The number of nitrogens with one attached hydrogen (secondary N) is 1. The summed E-state index contributed by atoms with van der Waals surface area (Å²) in [7, 11) is 2.05. The fourth-order valence-electron chi connectivity index (χ4n) is 3.52. The van der Waals surface area contributed by atoms with Crippen LogP contribution in [0.5, 0.6) is 0 Å². The summed E-state index contributed by atoms with van der Waals surface area (Å²) in [5.74, 6) is -0.292. The van der Waals surface area contributed by atoms with Gasteiger partial charge in [-0.1, -0.05) is 12.8 Å². The first-order valence-electron chi connectivity index (χ1n) is 9.32. The fourth-order valence-corrected chi connectivity index (χ4v) is 3.52. The molecule has 1 amide bonds. The van der Waals surface area contributed by atoms with Crippen LogP contribution in [0.4, 0.5) is 11.4 Å². The lowest BCUT2D eigenvalue weighted by molar-refractivity contribution is -0.384. The molecule has 8 nitrogen and oxygen atoms in total. The topological polar surface area (TPSA) is 82.0 Å². The monoisotopic (exact) mass is 433 g/mol. The van der Waals surface area contributed by atoms with Gasteiger partial charge in [0.1, 0.15) is 5.69 Å². The summed E-state index contributed by atoms with van der Waals surface area (Å²) in [6.07, 6.45) is 4.41. The molecule has 0 spiro atoms. The zero-order chi connectivity index (χ0) is 18.5. The van der Waals surface area contributed by atoms with Crippen molar-refractivity contribution in [1.29, 1.82) is 0 Å². The SMILES string of the molecule is CN1CCN(NC(=O)c2ccc(N3CCCCCC3)c([N+](=O)[O-])c2)CC1.Cl.Cl. The molecular formula is C18H29Cl2N5O3. The summed E-state index contributed by atoms with van der Waals surface area (Å²) in [4.78, 5) is 28.0. The highest BCUT2D eigenvalue weighted by Crippen LogP contribution is 2.31.